The third-order valence-electron chi connectivity index (χ3n) is 2.75. The predicted octanol–water partition coefficient (Wildman–Crippen LogP) is 2.83. The molecule has 0 aliphatic rings. The summed E-state index contributed by atoms with van der Waals surface area (Å²) < 4.78 is 6.59. The quantitative estimate of drug-likeness (QED) is 0.329. The normalized spacial score (nSPS) is 14.0. The molecule has 1 unspecified atom stereocenters. The number of benzene rings is 1. The van der Waals surface area contributed by atoms with Crippen LogP contribution >= 0.6 is 0 Å². The van der Waals surface area contributed by atoms with E-state index in [9.17, 15) is 5.21 Å². The van der Waals surface area contributed by atoms with Crippen molar-refractivity contribution < 1.29 is 9.48 Å². The van der Waals surface area contributed by atoms with Crippen LogP contribution in [0, 0.1) is 11.1 Å². The van der Waals surface area contributed by atoms with Gasteiger partial charge in [0.05, 0.1) is 6.61 Å². The van der Waals surface area contributed by atoms with Gasteiger partial charge < -0.3 is 9.94 Å². The Hall–Kier alpha value is -1.35. The van der Waals surface area contributed by atoms with Gasteiger partial charge in [-0.05, 0) is 5.56 Å². The van der Waals surface area contributed by atoms with Gasteiger partial charge in [0.2, 0.25) is 0 Å². The molecule has 0 fully saturated rings. The van der Waals surface area contributed by atoms with Crippen molar-refractivity contribution in [3.8, 4) is 0 Å². The molecule has 1 aromatic rings. The third-order valence-corrected chi connectivity index (χ3v) is 2.75. The van der Waals surface area contributed by atoms with Crippen LogP contribution in [0.2, 0.25) is 0 Å². The van der Waals surface area contributed by atoms with Crippen molar-refractivity contribution in [2.24, 2.45) is 5.92 Å². The van der Waals surface area contributed by atoms with Crippen LogP contribution in [-0.2, 0) is 11.3 Å². The minimum Gasteiger partial charge on any atom is -0.624 e. The number of hydroxylamine groups is 1. The van der Waals surface area contributed by atoms with Crippen molar-refractivity contribution in [3.05, 3.63) is 41.1 Å². The average Bonchev–Trinajstić information content (AvgIpc) is 2.34. The molecule has 0 amide bonds. The Labute approximate surface area is 103 Å². The first-order valence-corrected chi connectivity index (χ1v) is 6.01. The predicted molar refractivity (Wildman–Crippen MR) is 70.1 cm³/mol. The molecule has 1 aromatic carbocycles. The topological polar surface area (TPSA) is 35.3 Å². The maximum atomic E-state index is 11.6. The molecular weight excluding hydrogens is 214 g/mol. The fourth-order valence-electron chi connectivity index (χ4n) is 1.62. The molecule has 0 bridgehead atoms. The first-order valence-electron chi connectivity index (χ1n) is 6.01. The summed E-state index contributed by atoms with van der Waals surface area (Å²) in [4.78, 5) is 0. The Balaban J connectivity index is 2.43. The molecule has 3 heteroatoms. The molecule has 0 saturated heterocycles. The second-order valence-electron chi connectivity index (χ2n) is 4.43. The number of nitrogens with zero attached hydrogens (tertiary/aromatic N) is 1. The van der Waals surface area contributed by atoms with Gasteiger partial charge in [0.1, 0.15) is 12.8 Å². The molecular formula is C14H21NO2. The second-order valence-corrected chi connectivity index (χ2v) is 4.43. The Kier molecular flexibility index (Phi) is 5.70. The Morgan fingerprint density at radius 1 is 1.29 bits per heavy atom. The molecule has 0 aliphatic carbocycles. The van der Waals surface area contributed by atoms with E-state index in [4.69, 9.17) is 4.74 Å². The summed E-state index contributed by atoms with van der Waals surface area (Å²) in [6.07, 6.45) is 1.55. The standard InChI is InChI=1S/C14H21NO2/c1-4-15(16)14(12(2)3)11-17-10-13-8-6-5-7-9-13/h4-9,12,14H,10-11H2,1-3H3/b15-4-. The van der Waals surface area contributed by atoms with Gasteiger partial charge in [-0.25, -0.2) is 4.74 Å². The summed E-state index contributed by atoms with van der Waals surface area (Å²) in [5.74, 6) is 0.277. The molecule has 0 spiro atoms. The van der Waals surface area contributed by atoms with E-state index in [2.05, 4.69) is 0 Å². The van der Waals surface area contributed by atoms with Gasteiger partial charge >= 0.3 is 0 Å². The van der Waals surface area contributed by atoms with Gasteiger partial charge in [-0.1, -0.05) is 44.2 Å². The number of ether oxygens (including phenoxy) is 1. The van der Waals surface area contributed by atoms with Crippen LogP contribution < -0.4 is 0 Å². The van der Waals surface area contributed by atoms with E-state index in [0.29, 0.717) is 13.2 Å². The maximum Gasteiger partial charge on any atom is 0.188 e. The summed E-state index contributed by atoms with van der Waals surface area (Å²) >= 11 is 0. The van der Waals surface area contributed by atoms with Crippen molar-refractivity contribution in [3.63, 3.8) is 0 Å². The van der Waals surface area contributed by atoms with Crippen LogP contribution in [0.25, 0.3) is 0 Å². The lowest BCUT2D eigenvalue weighted by Gasteiger charge is -2.20. The van der Waals surface area contributed by atoms with Crippen LogP contribution in [-0.4, -0.2) is 23.6 Å². The van der Waals surface area contributed by atoms with Gasteiger partial charge in [-0.2, -0.15) is 0 Å². The molecule has 0 radical (unpaired) electrons. The Morgan fingerprint density at radius 3 is 2.47 bits per heavy atom. The minimum atomic E-state index is -0.108. The van der Waals surface area contributed by atoms with Gasteiger partial charge in [0, 0.05) is 12.8 Å². The molecule has 17 heavy (non-hydrogen) atoms. The first-order chi connectivity index (χ1) is 8.15. The molecule has 94 valence electrons. The molecule has 1 atom stereocenters. The lowest BCUT2D eigenvalue weighted by molar-refractivity contribution is -0.511. The highest BCUT2D eigenvalue weighted by Gasteiger charge is 2.20. The summed E-state index contributed by atoms with van der Waals surface area (Å²) in [5, 5.41) is 11.6. The molecule has 0 N–H and O–H groups in total. The van der Waals surface area contributed by atoms with E-state index in [1.54, 1.807) is 13.1 Å². The largest absolute Gasteiger partial charge is 0.624 e. The molecule has 0 aromatic heterocycles. The summed E-state index contributed by atoms with van der Waals surface area (Å²) in [6.45, 7) is 6.83. The van der Waals surface area contributed by atoms with Crippen LogP contribution in [0.5, 0.6) is 0 Å². The van der Waals surface area contributed by atoms with E-state index in [1.807, 2.05) is 44.2 Å². The lowest BCUT2D eigenvalue weighted by atomic mass is 10.1. The fraction of sp³-hybridized carbons (Fsp3) is 0.500. The summed E-state index contributed by atoms with van der Waals surface area (Å²) in [7, 11) is 0. The first kappa shape index (κ1) is 13.7. The summed E-state index contributed by atoms with van der Waals surface area (Å²) in [5.41, 5.74) is 1.13. The highest BCUT2D eigenvalue weighted by molar-refractivity contribution is 5.46. The summed E-state index contributed by atoms with van der Waals surface area (Å²) in [6, 6.07) is 9.88. The van der Waals surface area contributed by atoms with Crippen LogP contribution in [0.3, 0.4) is 0 Å². The second kappa shape index (κ2) is 7.07. The highest BCUT2D eigenvalue weighted by atomic mass is 16.5. The molecule has 0 heterocycles. The van der Waals surface area contributed by atoms with E-state index < -0.39 is 0 Å². The molecule has 0 aliphatic heterocycles. The maximum absolute atomic E-state index is 11.6. The zero-order valence-electron chi connectivity index (χ0n) is 10.8. The minimum absolute atomic E-state index is 0.108. The van der Waals surface area contributed by atoms with Crippen LogP contribution in [0.1, 0.15) is 26.3 Å². The van der Waals surface area contributed by atoms with E-state index in [0.717, 1.165) is 10.3 Å². The van der Waals surface area contributed by atoms with Crippen molar-refractivity contribution in [1.82, 2.24) is 0 Å². The molecule has 0 saturated carbocycles. The number of hydrogen-bond donors (Lipinski definition) is 0. The van der Waals surface area contributed by atoms with Crippen LogP contribution in [0.4, 0.5) is 0 Å². The zero-order chi connectivity index (χ0) is 12.7. The van der Waals surface area contributed by atoms with Crippen molar-refractivity contribution in [1.29, 1.82) is 0 Å². The Bertz CT molecular complexity index is 346. The van der Waals surface area contributed by atoms with Gasteiger partial charge in [-0.3, -0.25) is 0 Å². The monoisotopic (exact) mass is 235 g/mol. The lowest BCUT2D eigenvalue weighted by Crippen LogP contribution is -2.32. The average molecular weight is 235 g/mol. The van der Waals surface area contributed by atoms with Crippen LogP contribution in [0.15, 0.2) is 30.3 Å². The fourth-order valence-corrected chi connectivity index (χ4v) is 1.62. The SMILES string of the molecule is C/C=[N+](\[O-])C(COCc1ccccc1)C(C)C. The number of hydrogen-bond acceptors (Lipinski definition) is 2. The van der Waals surface area contributed by atoms with Gasteiger partial charge in [0.25, 0.3) is 0 Å². The molecule has 3 nitrogen and oxygen atoms in total. The smallest absolute Gasteiger partial charge is 0.188 e. The zero-order valence-corrected chi connectivity index (χ0v) is 10.8. The van der Waals surface area contributed by atoms with E-state index in [1.165, 1.54) is 0 Å². The Morgan fingerprint density at radius 2 is 1.94 bits per heavy atom. The van der Waals surface area contributed by atoms with Crippen molar-refractivity contribution in [2.75, 3.05) is 6.61 Å². The van der Waals surface area contributed by atoms with Gasteiger partial charge in [0.15, 0.2) is 6.04 Å². The third kappa shape index (κ3) is 4.57. The number of rotatable bonds is 6. The van der Waals surface area contributed by atoms with Gasteiger partial charge in [-0.15, -0.1) is 0 Å². The molecule has 1 rings (SSSR count). The van der Waals surface area contributed by atoms with Crippen molar-refractivity contribution >= 4 is 6.21 Å². The van der Waals surface area contributed by atoms with Crippen molar-refractivity contribution in [2.45, 2.75) is 33.4 Å². The van der Waals surface area contributed by atoms with E-state index in [-0.39, 0.29) is 12.0 Å². The highest BCUT2D eigenvalue weighted by Crippen LogP contribution is 2.08. The van der Waals surface area contributed by atoms with E-state index >= 15 is 0 Å².